The maximum Gasteiger partial charge on any atom is 0.335 e. The average molecular weight is 258 g/mol. The summed E-state index contributed by atoms with van der Waals surface area (Å²) in [6, 6.07) is 2.66. The molecular weight excluding hydrogens is 243 g/mol. The molecule has 0 unspecified atom stereocenters. The van der Waals surface area contributed by atoms with Gasteiger partial charge in [0, 0.05) is 6.42 Å². The second-order valence-electron chi connectivity index (χ2n) is 3.41. The molecule has 0 spiro atoms. The van der Waals surface area contributed by atoms with Gasteiger partial charge in [0.2, 0.25) is 5.75 Å². The first-order valence-corrected chi connectivity index (χ1v) is 5.32. The Morgan fingerprint density at radius 2 is 1.83 bits per heavy atom. The predicted octanol–water partition coefficient (Wildman–Crippen LogP) is 2.14. The summed E-state index contributed by atoms with van der Waals surface area (Å²) >= 11 is 0. The number of methoxy groups -OCH3 is 2. The van der Waals surface area contributed by atoms with Gasteiger partial charge in [-0.25, -0.2) is 4.79 Å². The van der Waals surface area contributed by atoms with Gasteiger partial charge < -0.3 is 19.3 Å². The zero-order valence-electron chi connectivity index (χ0n) is 10.2. The highest BCUT2D eigenvalue weighted by Gasteiger charge is 2.17. The lowest BCUT2D eigenvalue weighted by molar-refractivity contribution is 0.0696. The lowest BCUT2D eigenvalue weighted by Crippen LogP contribution is -2.04. The number of halogens is 1. The van der Waals surface area contributed by atoms with E-state index in [0.717, 1.165) is 0 Å². The zero-order valence-corrected chi connectivity index (χ0v) is 10.2. The molecule has 0 aromatic heterocycles. The molecule has 1 aromatic carbocycles. The molecule has 1 rings (SSSR count). The molecule has 0 amide bonds. The van der Waals surface area contributed by atoms with Gasteiger partial charge in [0.1, 0.15) is 0 Å². The van der Waals surface area contributed by atoms with E-state index in [4.69, 9.17) is 19.3 Å². The van der Waals surface area contributed by atoms with Crippen molar-refractivity contribution < 1.29 is 28.5 Å². The first kappa shape index (κ1) is 14.1. The van der Waals surface area contributed by atoms with Crippen LogP contribution in [0.2, 0.25) is 0 Å². The van der Waals surface area contributed by atoms with E-state index in [2.05, 4.69) is 0 Å². The summed E-state index contributed by atoms with van der Waals surface area (Å²) in [5, 5.41) is 8.93. The largest absolute Gasteiger partial charge is 0.493 e. The van der Waals surface area contributed by atoms with Crippen molar-refractivity contribution in [2.75, 3.05) is 27.5 Å². The third kappa shape index (κ3) is 3.26. The van der Waals surface area contributed by atoms with Crippen LogP contribution in [0.4, 0.5) is 4.39 Å². The van der Waals surface area contributed by atoms with Gasteiger partial charge in [-0.15, -0.1) is 0 Å². The summed E-state index contributed by atoms with van der Waals surface area (Å²) in [7, 11) is 2.78. The second kappa shape index (κ2) is 6.68. The van der Waals surface area contributed by atoms with Crippen molar-refractivity contribution in [3.05, 3.63) is 17.7 Å². The van der Waals surface area contributed by atoms with Crippen LogP contribution in [0.1, 0.15) is 16.8 Å². The van der Waals surface area contributed by atoms with E-state index in [9.17, 15) is 9.18 Å². The maximum absolute atomic E-state index is 12.0. The summed E-state index contributed by atoms with van der Waals surface area (Å²) < 4.78 is 27.4. The molecule has 0 fully saturated rings. The van der Waals surface area contributed by atoms with Crippen molar-refractivity contribution >= 4 is 5.97 Å². The zero-order chi connectivity index (χ0) is 13.5. The molecule has 5 nitrogen and oxygen atoms in total. The summed E-state index contributed by atoms with van der Waals surface area (Å²) in [5.41, 5.74) is 0.0292. The van der Waals surface area contributed by atoms with Gasteiger partial charge >= 0.3 is 5.97 Å². The van der Waals surface area contributed by atoms with Gasteiger partial charge in [0.05, 0.1) is 33.1 Å². The number of aromatic carboxylic acids is 1. The minimum atomic E-state index is -1.10. The number of alkyl halides is 1. The topological polar surface area (TPSA) is 65.0 Å². The van der Waals surface area contributed by atoms with Crippen molar-refractivity contribution in [3.8, 4) is 17.2 Å². The molecule has 0 saturated heterocycles. The molecule has 0 aliphatic rings. The quantitative estimate of drug-likeness (QED) is 0.759. The number of hydrogen-bond acceptors (Lipinski definition) is 4. The lowest BCUT2D eigenvalue weighted by Gasteiger charge is -2.14. The molecule has 6 heteroatoms. The van der Waals surface area contributed by atoms with E-state index in [1.807, 2.05) is 0 Å². The maximum atomic E-state index is 12.0. The first-order chi connectivity index (χ1) is 8.63. The third-order valence-corrected chi connectivity index (χ3v) is 2.23. The predicted molar refractivity (Wildman–Crippen MR) is 62.6 cm³/mol. The summed E-state index contributed by atoms with van der Waals surface area (Å²) in [6.07, 6.45) is 0.243. The van der Waals surface area contributed by atoms with Crippen molar-refractivity contribution in [1.29, 1.82) is 0 Å². The Kier molecular flexibility index (Phi) is 5.23. The van der Waals surface area contributed by atoms with Gasteiger partial charge in [-0.05, 0) is 12.1 Å². The molecule has 0 aliphatic carbocycles. The number of hydrogen-bond donors (Lipinski definition) is 1. The van der Waals surface area contributed by atoms with Crippen LogP contribution in [0.15, 0.2) is 12.1 Å². The number of carbonyl (C=O) groups is 1. The van der Waals surface area contributed by atoms with Gasteiger partial charge in [-0.1, -0.05) is 0 Å². The van der Waals surface area contributed by atoms with Crippen molar-refractivity contribution in [1.82, 2.24) is 0 Å². The highest BCUT2D eigenvalue weighted by Crippen LogP contribution is 2.38. The normalized spacial score (nSPS) is 9.94. The Hall–Kier alpha value is -1.98. The van der Waals surface area contributed by atoms with Crippen LogP contribution in [0.3, 0.4) is 0 Å². The molecule has 0 heterocycles. The number of rotatable bonds is 7. The van der Waals surface area contributed by atoms with E-state index < -0.39 is 12.6 Å². The highest BCUT2D eigenvalue weighted by molar-refractivity contribution is 5.89. The lowest BCUT2D eigenvalue weighted by atomic mass is 10.2. The molecule has 18 heavy (non-hydrogen) atoms. The monoisotopic (exact) mass is 258 g/mol. The Labute approximate surface area is 104 Å². The van der Waals surface area contributed by atoms with E-state index in [-0.39, 0.29) is 35.8 Å². The third-order valence-electron chi connectivity index (χ3n) is 2.23. The molecule has 0 bridgehead atoms. The minimum Gasteiger partial charge on any atom is -0.493 e. The fourth-order valence-corrected chi connectivity index (χ4v) is 1.37. The van der Waals surface area contributed by atoms with Crippen LogP contribution < -0.4 is 14.2 Å². The van der Waals surface area contributed by atoms with Gasteiger partial charge in [0.25, 0.3) is 0 Å². The highest BCUT2D eigenvalue weighted by atomic mass is 19.1. The van der Waals surface area contributed by atoms with Crippen LogP contribution >= 0.6 is 0 Å². The number of benzene rings is 1. The fraction of sp³-hybridized carbons (Fsp3) is 0.417. The summed E-state index contributed by atoms with van der Waals surface area (Å²) in [5.74, 6) is -0.337. The molecule has 1 aromatic rings. The molecule has 100 valence electrons. The number of carboxylic acids is 1. The number of carboxylic acid groups (broad SMARTS) is 1. The van der Waals surface area contributed by atoms with Crippen LogP contribution in [0, 0.1) is 0 Å². The van der Waals surface area contributed by atoms with Gasteiger partial charge in [-0.3, -0.25) is 4.39 Å². The Morgan fingerprint density at radius 1 is 1.28 bits per heavy atom. The van der Waals surface area contributed by atoms with Crippen LogP contribution in [-0.4, -0.2) is 38.6 Å². The van der Waals surface area contributed by atoms with Gasteiger partial charge in [0.15, 0.2) is 11.5 Å². The molecule has 0 aliphatic heterocycles. The molecule has 1 N–H and O–H groups in total. The van der Waals surface area contributed by atoms with E-state index in [1.54, 1.807) is 0 Å². The SMILES string of the molecule is COc1cc(C(=O)O)cc(OC)c1OCCCF. The molecule has 0 atom stereocenters. The standard InChI is InChI=1S/C12H15FO5/c1-16-9-6-8(12(14)15)7-10(17-2)11(9)18-5-3-4-13/h6-7H,3-5H2,1-2H3,(H,14,15). The summed E-state index contributed by atoms with van der Waals surface area (Å²) in [4.78, 5) is 10.9. The molecular formula is C12H15FO5. The molecule has 0 saturated carbocycles. The van der Waals surface area contributed by atoms with E-state index in [0.29, 0.717) is 0 Å². The minimum absolute atomic E-state index is 0.0292. The Bertz CT molecular complexity index is 394. The Morgan fingerprint density at radius 3 is 2.22 bits per heavy atom. The second-order valence-corrected chi connectivity index (χ2v) is 3.41. The molecule has 0 radical (unpaired) electrons. The van der Waals surface area contributed by atoms with Gasteiger partial charge in [-0.2, -0.15) is 0 Å². The van der Waals surface area contributed by atoms with Crippen LogP contribution in [-0.2, 0) is 0 Å². The smallest absolute Gasteiger partial charge is 0.335 e. The average Bonchev–Trinajstić information content (AvgIpc) is 2.38. The van der Waals surface area contributed by atoms with Crippen molar-refractivity contribution in [2.24, 2.45) is 0 Å². The van der Waals surface area contributed by atoms with Crippen LogP contribution in [0.25, 0.3) is 0 Å². The number of ether oxygens (including phenoxy) is 3. The van der Waals surface area contributed by atoms with Crippen LogP contribution in [0.5, 0.6) is 17.2 Å². The first-order valence-electron chi connectivity index (χ1n) is 5.32. The summed E-state index contributed by atoms with van der Waals surface area (Å²) in [6.45, 7) is -0.326. The fourth-order valence-electron chi connectivity index (χ4n) is 1.37. The van der Waals surface area contributed by atoms with E-state index in [1.165, 1.54) is 26.4 Å². The van der Waals surface area contributed by atoms with Crippen molar-refractivity contribution in [2.45, 2.75) is 6.42 Å². The Balaban J connectivity index is 3.09. The van der Waals surface area contributed by atoms with E-state index >= 15 is 0 Å². The van der Waals surface area contributed by atoms with Crippen molar-refractivity contribution in [3.63, 3.8) is 0 Å².